The minimum absolute atomic E-state index is 0.0649. The number of nitrogens with zero attached hydrogens (tertiary/aromatic N) is 1. The van der Waals surface area contributed by atoms with E-state index < -0.39 is 11.7 Å². The van der Waals surface area contributed by atoms with Crippen molar-refractivity contribution in [2.24, 2.45) is 0 Å². The molecule has 1 aliphatic carbocycles. The zero-order valence-electron chi connectivity index (χ0n) is 13.4. The fourth-order valence-electron chi connectivity index (χ4n) is 2.66. The lowest BCUT2D eigenvalue weighted by Crippen LogP contribution is -2.62. The zero-order valence-corrected chi connectivity index (χ0v) is 13.4. The molecule has 1 unspecified atom stereocenters. The van der Waals surface area contributed by atoms with Gasteiger partial charge in [0, 0.05) is 12.1 Å². The maximum atomic E-state index is 12.4. The third kappa shape index (κ3) is 3.99. The standard InChI is InChI=1S/C16H26N2O3/c1-15(2,3)21-14(20)18-11-8-12(18)13(19)17-16(4)9-6-5-7-10-16/h5-6,12H,7-11H2,1-4H3,(H,17,19)/t12-,16?/m1/s1. The van der Waals surface area contributed by atoms with Crippen molar-refractivity contribution < 1.29 is 14.3 Å². The van der Waals surface area contributed by atoms with Crippen molar-refractivity contribution in [3.05, 3.63) is 12.2 Å². The van der Waals surface area contributed by atoms with Crippen molar-refractivity contribution in [1.29, 1.82) is 0 Å². The van der Waals surface area contributed by atoms with E-state index in [9.17, 15) is 9.59 Å². The van der Waals surface area contributed by atoms with Crippen LogP contribution in [0, 0.1) is 0 Å². The Morgan fingerprint density at radius 2 is 2.05 bits per heavy atom. The second-order valence-corrected chi connectivity index (χ2v) is 7.24. The lowest BCUT2D eigenvalue weighted by molar-refractivity contribution is -0.132. The van der Waals surface area contributed by atoms with E-state index in [1.807, 2.05) is 20.8 Å². The Kier molecular flexibility index (Phi) is 4.30. The van der Waals surface area contributed by atoms with E-state index in [0.29, 0.717) is 13.0 Å². The van der Waals surface area contributed by atoms with Crippen molar-refractivity contribution in [2.75, 3.05) is 6.54 Å². The van der Waals surface area contributed by atoms with Gasteiger partial charge in [0.1, 0.15) is 11.6 Å². The maximum Gasteiger partial charge on any atom is 0.410 e. The fourth-order valence-corrected chi connectivity index (χ4v) is 2.66. The van der Waals surface area contributed by atoms with Crippen molar-refractivity contribution in [2.45, 2.75) is 70.6 Å². The summed E-state index contributed by atoms with van der Waals surface area (Å²) in [5.74, 6) is -0.0649. The molecular weight excluding hydrogens is 268 g/mol. The molecule has 0 bridgehead atoms. The molecule has 0 aromatic heterocycles. The molecule has 5 nitrogen and oxygen atoms in total. The highest BCUT2D eigenvalue weighted by atomic mass is 16.6. The predicted octanol–water partition coefficient (Wildman–Crippen LogP) is 2.61. The van der Waals surface area contributed by atoms with Crippen LogP contribution < -0.4 is 5.32 Å². The van der Waals surface area contributed by atoms with Gasteiger partial charge in [-0.3, -0.25) is 9.69 Å². The lowest BCUT2D eigenvalue weighted by Gasteiger charge is -2.42. The molecule has 1 saturated heterocycles. The molecule has 0 spiro atoms. The molecule has 2 rings (SSSR count). The summed E-state index contributed by atoms with van der Waals surface area (Å²) in [5.41, 5.74) is -0.727. The molecule has 118 valence electrons. The molecule has 21 heavy (non-hydrogen) atoms. The second-order valence-electron chi connectivity index (χ2n) is 7.24. The van der Waals surface area contributed by atoms with Crippen molar-refractivity contribution in [3.8, 4) is 0 Å². The van der Waals surface area contributed by atoms with Gasteiger partial charge in [-0.1, -0.05) is 12.2 Å². The Morgan fingerprint density at radius 3 is 2.52 bits per heavy atom. The first-order valence-corrected chi connectivity index (χ1v) is 7.67. The summed E-state index contributed by atoms with van der Waals surface area (Å²) in [5, 5.41) is 3.11. The van der Waals surface area contributed by atoms with E-state index in [2.05, 4.69) is 24.4 Å². The van der Waals surface area contributed by atoms with Gasteiger partial charge in [0.2, 0.25) is 5.91 Å². The normalized spacial score (nSPS) is 28.8. The van der Waals surface area contributed by atoms with Gasteiger partial charge in [0.05, 0.1) is 0 Å². The molecular formula is C16H26N2O3. The average molecular weight is 294 g/mol. The second kappa shape index (κ2) is 5.70. The minimum atomic E-state index is -0.534. The summed E-state index contributed by atoms with van der Waals surface area (Å²) in [4.78, 5) is 26.0. The first kappa shape index (κ1) is 15.9. The van der Waals surface area contributed by atoms with Crippen LogP contribution in [0.5, 0.6) is 0 Å². The number of allylic oxidation sites excluding steroid dienone is 1. The summed E-state index contributed by atoms with van der Waals surface area (Å²) in [6, 6.07) is -0.386. The number of amides is 2. The Bertz CT molecular complexity index is 453. The van der Waals surface area contributed by atoms with Gasteiger partial charge in [0.15, 0.2) is 0 Å². The highest BCUT2D eigenvalue weighted by Crippen LogP contribution is 2.26. The van der Waals surface area contributed by atoms with Crippen molar-refractivity contribution in [3.63, 3.8) is 0 Å². The highest BCUT2D eigenvalue weighted by molar-refractivity contribution is 5.87. The predicted molar refractivity (Wildman–Crippen MR) is 80.9 cm³/mol. The SMILES string of the molecule is CC1(NC(=O)[C@H]2CCN2C(=O)OC(C)(C)C)CC=CCC1. The Balaban J connectivity index is 1.91. The molecule has 0 aromatic rings. The summed E-state index contributed by atoms with van der Waals surface area (Å²) in [6.45, 7) is 8.13. The third-order valence-corrected chi connectivity index (χ3v) is 3.97. The molecule has 1 heterocycles. The third-order valence-electron chi connectivity index (χ3n) is 3.97. The number of nitrogens with one attached hydrogen (secondary N) is 1. The van der Waals surface area contributed by atoms with E-state index in [1.54, 1.807) is 0 Å². The average Bonchev–Trinajstić information content (AvgIpc) is 2.24. The zero-order chi connectivity index (χ0) is 15.7. The quantitative estimate of drug-likeness (QED) is 0.796. The minimum Gasteiger partial charge on any atom is -0.444 e. The molecule has 1 fully saturated rings. The molecule has 2 aliphatic rings. The fraction of sp³-hybridized carbons (Fsp3) is 0.750. The summed E-state index contributed by atoms with van der Waals surface area (Å²) < 4.78 is 5.33. The summed E-state index contributed by atoms with van der Waals surface area (Å²) >= 11 is 0. The summed E-state index contributed by atoms with van der Waals surface area (Å²) in [7, 11) is 0. The van der Waals surface area contributed by atoms with E-state index in [1.165, 1.54) is 4.90 Å². The largest absolute Gasteiger partial charge is 0.444 e. The van der Waals surface area contributed by atoms with Crippen molar-refractivity contribution >= 4 is 12.0 Å². The molecule has 0 aromatic carbocycles. The van der Waals surface area contributed by atoms with Gasteiger partial charge in [-0.05, 0) is 53.4 Å². The first-order chi connectivity index (χ1) is 9.70. The van der Waals surface area contributed by atoms with Crippen LogP contribution in [0.15, 0.2) is 12.2 Å². The van der Waals surface area contributed by atoms with E-state index in [4.69, 9.17) is 4.74 Å². The Labute approximate surface area is 126 Å². The van der Waals surface area contributed by atoms with Crippen LogP contribution in [0.4, 0.5) is 4.79 Å². The Hall–Kier alpha value is -1.52. The van der Waals surface area contributed by atoms with Crippen LogP contribution in [-0.4, -0.2) is 40.6 Å². The van der Waals surface area contributed by atoms with Gasteiger partial charge < -0.3 is 10.1 Å². The smallest absolute Gasteiger partial charge is 0.410 e. The lowest BCUT2D eigenvalue weighted by atomic mass is 9.87. The molecule has 0 saturated carbocycles. The summed E-state index contributed by atoms with van der Waals surface area (Å²) in [6.07, 6.45) is 7.32. The number of carbonyl (C=O) groups excluding carboxylic acids is 2. The number of hydrogen-bond acceptors (Lipinski definition) is 3. The van der Waals surface area contributed by atoms with Gasteiger partial charge >= 0.3 is 6.09 Å². The topological polar surface area (TPSA) is 58.6 Å². The van der Waals surface area contributed by atoms with Crippen molar-refractivity contribution in [1.82, 2.24) is 10.2 Å². The van der Waals surface area contributed by atoms with Crippen LogP contribution in [0.1, 0.15) is 53.4 Å². The number of ether oxygens (including phenoxy) is 1. The van der Waals surface area contributed by atoms with Gasteiger partial charge in [-0.15, -0.1) is 0 Å². The molecule has 1 aliphatic heterocycles. The van der Waals surface area contributed by atoms with Gasteiger partial charge in [0.25, 0.3) is 0 Å². The number of carbonyl (C=O) groups is 2. The van der Waals surface area contributed by atoms with Crippen LogP contribution in [0.3, 0.4) is 0 Å². The van der Waals surface area contributed by atoms with Gasteiger partial charge in [-0.25, -0.2) is 4.79 Å². The van der Waals surface area contributed by atoms with Crippen LogP contribution in [-0.2, 0) is 9.53 Å². The number of likely N-dealkylation sites (tertiary alicyclic amines) is 1. The van der Waals surface area contributed by atoms with E-state index in [0.717, 1.165) is 19.3 Å². The first-order valence-electron chi connectivity index (χ1n) is 7.67. The Morgan fingerprint density at radius 1 is 1.33 bits per heavy atom. The molecule has 5 heteroatoms. The molecule has 2 atom stereocenters. The van der Waals surface area contributed by atoms with Crippen LogP contribution >= 0.6 is 0 Å². The maximum absolute atomic E-state index is 12.4. The van der Waals surface area contributed by atoms with E-state index in [-0.39, 0.29) is 17.5 Å². The molecule has 2 amide bonds. The van der Waals surface area contributed by atoms with Crippen LogP contribution in [0.25, 0.3) is 0 Å². The monoisotopic (exact) mass is 294 g/mol. The number of hydrogen-bond donors (Lipinski definition) is 1. The van der Waals surface area contributed by atoms with Gasteiger partial charge in [-0.2, -0.15) is 0 Å². The van der Waals surface area contributed by atoms with E-state index >= 15 is 0 Å². The molecule has 0 radical (unpaired) electrons. The highest BCUT2D eigenvalue weighted by Gasteiger charge is 2.41. The van der Waals surface area contributed by atoms with Crippen LogP contribution in [0.2, 0.25) is 0 Å². The number of rotatable bonds is 2. The molecule has 1 N–H and O–H groups in total.